The summed E-state index contributed by atoms with van der Waals surface area (Å²) >= 11 is 0. The lowest BCUT2D eigenvalue weighted by Gasteiger charge is -2.29. The number of allylic oxidation sites excluding steroid dienone is 1. The third-order valence-corrected chi connectivity index (χ3v) is 4.27. The molecule has 0 aromatic heterocycles. The fourth-order valence-corrected chi connectivity index (χ4v) is 2.85. The molecule has 6 nitrogen and oxygen atoms in total. The molecule has 0 N–H and O–H groups in total. The Morgan fingerprint density at radius 1 is 1.04 bits per heavy atom. The van der Waals surface area contributed by atoms with E-state index in [-0.39, 0.29) is 5.78 Å². The number of fused-ring (bicyclic) bond motifs is 1. The van der Waals surface area contributed by atoms with Crippen molar-refractivity contribution in [3.8, 4) is 6.07 Å². The number of nitriles is 1. The van der Waals surface area contributed by atoms with Crippen LogP contribution < -0.4 is 4.90 Å². The third-order valence-electron chi connectivity index (χ3n) is 4.27. The Balaban J connectivity index is 1.79. The normalized spacial score (nSPS) is 15.0. The van der Waals surface area contributed by atoms with Crippen molar-refractivity contribution in [1.82, 2.24) is 0 Å². The first-order chi connectivity index (χ1) is 13.5. The van der Waals surface area contributed by atoms with Crippen molar-refractivity contribution in [2.24, 2.45) is 0 Å². The first kappa shape index (κ1) is 18.8. The molecule has 0 bridgehead atoms. The Hall–Kier alpha value is -3.98. The summed E-state index contributed by atoms with van der Waals surface area (Å²) in [6, 6.07) is 14.5. The largest absolute Gasteiger partial charge is 0.465 e. The van der Waals surface area contributed by atoms with Gasteiger partial charge in [0.25, 0.3) is 5.91 Å². The van der Waals surface area contributed by atoms with E-state index in [2.05, 4.69) is 10.8 Å². The number of benzene rings is 2. The lowest BCUT2D eigenvalue weighted by Crippen LogP contribution is -2.39. The van der Waals surface area contributed by atoms with Gasteiger partial charge in [-0.25, -0.2) is 4.79 Å². The van der Waals surface area contributed by atoms with Crippen molar-refractivity contribution in [2.75, 3.05) is 12.0 Å². The topological polar surface area (TPSA) is 87.5 Å². The highest BCUT2D eigenvalue weighted by atomic mass is 16.5. The summed E-state index contributed by atoms with van der Waals surface area (Å²) in [7, 11) is 1.28. The van der Waals surface area contributed by atoms with Crippen LogP contribution in [-0.2, 0) is 9.53 Å². The zero-order valence-electron chi connectivity index (χ0n) is 15.0. The van der Waals surface area contributed by atoms with Gasteiger partial charge >= 0.3 is 5.97 Å². The van der Waals surface area contributed by atoms with Crippen molar-refractivity contribution < 1.29 is 19.1 Å². The maximum Gasteiger partial charge on any atom is 0.337 e. The number of anilines is 1. The van der Waals surface area contributed by atoms with Gasteiger partial charge in [0, 0.05) is 11.6 Å². The molecule has 2 aromatic carbocycles. The van der Waals surface area contributed by atoms with Crippen LogP contribution in [0.2, 0.25) is 0 Å². The molecule has 6 heteroatoms. The van der Waals surface area contributed by atoms with Gasteiger partial charge in [-0.2, -0.15) is 5.26 Å². The summed E-state index contributed by atoms with van der Waals surface area (Å²) < 4.78 is 4.61. The number of hydrogen-bond donors (Lipinski definition) is 0. The quantitative estimate of drug-likeness (QED) is 0.467. The summed E-state index contributed by atoms with van der Waals surface area (Å²) in [5.41, 5.74) is 2.08. The van der Waals surface area contributed by atoms with Gasteiger partial charge in [-0.05, 0) is 35.9 Å². The van der Waals surface area contributed by atoms with Crippen molar-refractivity contribution in [2.45, 2.75) is 6.04 Å². The second kappa shape index (κ2) is 8.14. The minimum atomic E-state index is -0.749. The molecule has 2 aromatic rings. The molecule has 0 saturated carbocycles. The molecule has 138 valence electrons. The Labute approximate surface area is 162 Å². The van der Waals surface area contributed by atoms with E-state index in [0.29, 0.717) is 16.8 Å². The third kappa shape index (κ3) is 3.74. The standard InChI is InChI=1S/C22H16N2O4/c1-28-22(27)17-8-6-16(7-9-17)20(25)12-13-21(26)24-18(14-23)11-10-15-4-2-3-5-19(15)24/h2-13,18H,1H3. The average Bonchev–Trinajstić information content (AvgIpc) is 2.75. The molecule has 0 saturated heterocycles. The molecule has 28 heavy (non-hydrogen) atoms. The predicted octanol–water partition coefficient (Wildman–Crippen LogP) is 3.16. The molecule has 3 rings (SSSR count). The predicted molar refractivity (Wildman–Crippen MR) is 104 cm³/mol. The minimum absolute atomic E-state index is 0.326. The molecule has 0 radical (unpaired) electrons. The van der Waals surface area contributed by atoms with Gasteiger partial charge in [0.2, 0.25) is 0 Å². The van der Waals surface area contributed by atoms with Crippen LogP contribution in [0, 0.1) is 11.3 Å². The summed E-state index contributed by atoms with van der Waals surface area (Å²) in [4.78, 5) is 37.8. The Morgan fingerprint density at radius 3 is 2.39 bits per heavy atom. The number of para-hydroxylation sites is 1. The van der Waals surface area contributed by atoms with Crippen molar-refractivity contribution in [3.05, 3.63) is 83.4 Å². The second-order valence-corrected chi connectivity index (χ2v) is 5.97. The average molecular weight is 372 g/mol. The van der Waals surface area contributed by atoms with Gasteiger partial charge in [0.15, 0.2) is 5.78 Å². The highest BCUT2D eigenvalue weighted by Gasteiger charge is 2.26. The molecule has 0 spiro atoms. The number of amides is 1. The van der Waals surface area contributed by atoms with Gasteiger partial charge in [0.05, 0.1) is 24.4 Å². The zero-order valence-corrected chi connectivity index (χ0v) is 15.0. The van der Waals surface area contributed by atoms with Crippen LogP contribution in [0.25, 0.3) is 6.08 Å². The molecule has 1 heterocycles. The van der Waals surface area contributed by atoms with E-state index in [0.717, 1.165) is 17.7 Å². The van der Waals surface area contributed by atoms with Crippen LogP contribution in [0.1, 0.15) is 26.3 Å². The van der Waals surface area contributed by atoms with E-state index in [1.165, 1.54) is 36.3 Å². The molecule has 1 unspecified atom stereocenters. The fraction of sp³-hybridized carbons (Fsp3) is 0.0909. The second-order valence-electron chi connectivity index (χ2n) is 5.97. The van der Waals surface area contributed by atoms with Crippen LogP contribution in [0.15, 0.2) is 66.8 Å². The molecule has 1 amide bonds. The highest BCUT2D eigenvalue weighted by molar-refractivity contribution is 6.11. The first-order valence-corrected chi connectivity index (χ1v) is 8.46. The van der Waals surface area contributed by atoms with Gasteiger partial charge in [-0.15, -0.1) is 0 Å². The molecule has 0 aliphatic carbocycles. The number of ether oxygens (including phenoxy) is 1. The highest BCUT2D eigenvalue weighted by Crippen LogP contribution is 2.28. The van der Waals surface area contributed by atoms with Crippen LogP contribution in [-0.4, -0.2) is 30.8 Å². The summed E-state index contributed by atoms with van der Waals surface area (Å²) in [6.07, 6.45) is 5.74. The van der Waals surface area contributed by atoms with Crippen molar-refractivity contribution in [3.63, 3.8) is 0 Å². The van der Waals surface area contributed by atoms with Gasteiger partial charge < -0.3 is 4.74 Å². The smallest absolute Gasteiger partial charge is 0.337 e. The SMILES string of the molecule is COC(=O)c1ccc(C(=O)C=CC(=O)N2c3ccccc3C=CC2C#N)cc1. The van der Waals surface area contributed by atoms with E-state index in [9.17, 15) is 19.6 Å². The molecule has 1 aliphatic rings. The van der Waals surface area contributed by atoms with E-state index < -0.39 is 17.9 Å². The number of carbonyl (C=O) groups is 3. The minimum Gasteiger partial charge on any atom is -0.465 e. The first-order valence-electron chi connectivity index (χ1n) is 8.46. The fourth-order valence-electron chi connectivity index (χ4n) is 2.85. The maximum atomic E-state index is 12.7. The van der Waals surface area contributed by atoms with Crippen LogP contribution in [0.5, 0.6) is 0 Å². The Kier molecular flexibility index (Phi) is 5.47. The van der Waals surface area contributed by atoms with Crippen LogP contribution >= 0.6 is 0 Å². The number of rotatable bonds is 4. The number of carbonyl (C=O) groups excluding carboxylic acids is 3. The molecular formula is C22H16N2O4. The number of esters is 1. The Morgan fingerprint density at radius 2 is 1.71 bits per heavy atom. The molecule has 1 atom stereocenters. The molecule has 1 aliphatic heterocycles. The van der Waals surface area contributed by atoms with E-state index >= 15 is 0 Å². The summed E-state index contributed by atoms with van der Waals surface area (Å²) in [5, 5.41) is 9.36. The number of nitrogens with zero attached hydrogens (tertiary/aromatic N) is 2. The van der Waals surface area contributed by atoms with Gasteiger partial charge in [-0.1, -0.05) is 36.4 Å². The lowest BCUT2D eigenvalue weighted by atomic mass is 10.0. The monoisotopic (exact) mass is 372 g/mol. The maximum absolute atomic E-state index is 12.7. The lowest BCUT2D eigenvalue weighted by molar-refractivity contribution is -0.114. The van der Waals surface area contributed by atoms with Gasteiger partial charge in [0.1, 0.15) is 6.04 Å². The molecular weight excluding hydrogens is 356 g/mol. The van der Waals surface area contributed by atoms with Crippen molar-refractivity contribution >= 4 is 29.4 Å². The summed E-state index contributed by atoms with van der Waals surface area (Å²) in [5.74, 6) is -1.36. The number of hydrogen-bond acceptors (Lipinski definition) is 5. The Bertz CT molecular complexity index is 1030. The number of ketones is 1. The molecule has 0 fully saturated rings. The van der Waals surface area contributed by atoms with E-state index in [4.69, 9.17) is 0 Å². The summed E-state index contributed by atoms with van der Waals surface area (Å²) in [6.45, 7) is 0. The van der Waals surface area contributed by atoms with Gasteiger partial charge in [-0.3, -0.25) is 14.5 Å². The zero-order chi connectivity index (χ0) is 20.1. The van der Waals surface area contributed by atoms with Crippen LogP contribution in [0.3, 0.4) is 0 Å². The van der Waals surface area contributed by atoms with E-state index in [1.807, 2.05) is 12.1 Å². The van der Waals surface area contributed by atoms with E-state index in [1.54, 1.807) is 24.3 Å². The van der Waals surface area contributed by atoms with Crippen LogP contribution in [0.4, 0.5) is 5.69 Å². The number of methoxy groups -OCH3 is 1. The van der Waals surface area contributed by atoms with Crippen molar-refractivity contribution in [1.29, 1.82) is 5.26 Å².